The molecule has 0 unspecified atom stereocenters. The quantitative estimate of drug-likeness (QED) is 0.141. The number of halogens is 2. The molecular weight excluding hydrogens is 473 g/mol. The van der Waals surface area contributed by atoms with Gasteiger partial charge in [-0.3, -0.25) is 15.0 Å². The molecular formula is C25H23Cl2N5O2. The Bertz CT molecular complexity index is 1320. The Hall–Kier alpha value is -3.52. The number of aromatic nitrogens is 1. The number of fused-ring (bicyclic) bond motifs is 1. The van der Waals surface area contributed by atoms with Crippen molar-refractivity contribution < 1.29 is 9.59 Å². The van der Waals surface area contributed by atoms with Crippen LogP contribution in [0.3, 0.4) is 0 Å². The molecule has 4 rings (SSSR count). The van der Waals surface area contributed by atoms with E-state index in [1.54, 1.807) is 18.2 Å². The first-order valence-electron chi connectivity index (χ1n) is 10.6. The van der Waals surface area contributed by atoms with E-state index in [1.165, 1.54) is 0 Å². The van der Waals surface area contributed by atoms with Gasteiger partial charge in [0.25, 0.3) is 5.91 Å². The molecule has 0 saturated heterocycles. The SMILES string of the molecule is NNC(=O)[C@H](Cc1c[nH]c2ccccc12)NC(=O)Cc1ccccc1Nc1c(Cl)cccc1Cl. The predicted octanol–water partition coefficient (Wildman–Crippen LogP) is 4.48. The summed E-state index contributed by atoms with van der Waals surface area (Å²) < 4.78 is 0. The van der Waals surface area contributed by atoms with Crippen molar-refractivity contribution in [3.05, 3.63) is 94.1 Å². The maximum absolute atomic E-state index is 13.0. The summed E-state index contributed by atoms with van der Waals surface area (Å²) in [6, 6.07) is 19.5. The number of carbonyl (C=O) groups excluding carboxylic acids is 2. The summed E-state index contributed by atoms with van der Waals surface area (Å²) in [4.78, 5) is 28.6. The number of nitrogens with one attached hydrogen (secondary N) is 4. The molecule has 2 amide bonds. The minimum absolute atomic E-state index is 0.0352. The fourth-order valence-corrected chi connectivity index (χ4v) is 4.29. The first-order chi connectivity index (χ1) is 16.5. The number of aromatic amines is 1. The largest absolute Gasteiger partial charge is 0.361 e. The minimum atomic E-state index is -0.838. The van der Waals surface area contributed by atoms with Gasteiger partial charge in [0.1, 0.15) is 6.04 Å². The monoisotopic (exact) mass is 495 g/mol. The number of para-hydroxylation sites is 3. The Balaban J connectivity index is 1.51. The Labute approximate surface area is 206 Å². The van der Waals surface area contributed by atoms with Crippen molar-refractivity contribution in [3.63, 3.8) is 0 Å². The molecule has 3 aromatic carbocycles. The highest BCUT2D eigenvalue weighted by atomic mass is 35.5. The lowest BCUT2D eigenvalue weighted by atomic mass is 10.0. The van der Waals surface area contributed by atoms with Gasteiger partial charge in [0.15, 0.2) is 0 Å². The molecule has 1 aromatic heterocycles. The van der Waals surface area contributed by atoms with Crippen molar-refractivity contribution in [2.24, 2.45) is 5.84 Å². The molecule has 7 nitrogen and oxygen atoms in total. The van der Waals surface area contributed by atoms with E-state index in [0.717, 1.165) is 22.0 Å². The number of hydrogen-bond donors (Lipinski definition) is 5. The van der Waals surface area contributed by atoms with Crippen molar-refractivity contribution in [1.29, 1.82) is 0 Å². The smallest absolute Gasteiger partial charge is 0.256 e. The van der Waals surface area contributed by atoms with Gasteiger partial charge in [0.05, 0.1) is 22.2 Å². The first-order valence-corrected chi connectivity index (χ1v) is 11.4. The molecule has 0 aliphatic rings. The number of hydrazine groups is 1. The van der Waals surface area contributed by atoms with Crippen molar-refractivity contribution in [2.45, 2.75) is 18.9 Å². The highest BCUT2D eigenvalue weighted by Gasteiger charge is 2.22. The number of carbonyl (C=O) groups is 2. The van der Waals surface area contributed by atoms with Crippen molar-refractivity contribution in [3.8, 4) is 0 Å². The average molecular weight is 496 g/mol. The summed E-state index contributed by atoms with van der Waals surface area (Å²) in [6.07, 6.45) is 2.15. The number of nitrogens with two attached hydrogens (primary N) is 1. The summed E-state index contributed by atoms with van der Waals surface area (Å²) in [7, 11) is 0. The van der Waals surface area contributed by atoms with Crippen LogP contribution in [-0.2, 0) is 22.4 Å². The van der Waals surface area contributed by atoms with E-state index >= 15 is 0 Å². The Morgan fingerprint density at radius 3 is 2.38 bits per heavy atom. The molecule has 0 radical (unpaired) electrons. The number of H-pyrrole nitrogens is 1. The van der Waals surface area contributed by atoms with Gasteiger partial charge in [-0.05, 0) is 35.4 Å². The maximum atomic E-state index is 13.0. The highest BCUT2D eigenvalue weighted by Crippen LogP contribution is 2.33. The number of amides is 2. The van der Waals surface area contributed by atoms with Crippen LogP contribution in [0.1, 0.15) is 11.1 Å². The van der Waals surface area contributed by atoms with E-state index in [2.05, 4.69) is 21.0 Å². The zero-order chi connectivity index (χ0) is 24.1. The number of benzene rings is 3. The van der Waals surface area contributed by atoms with Crippen LogP contribution in [-0.4, -0.2) is 22.8 Å². The van der Waals surface area contributed by atoms with Crippen molar-refractivity contribution in [2.75, 3.05) is 5.32 Å². The van der Waals surface area contributed by atoms with Gasteiger partial charge < -0.3 is 15.6 Å². The number of hydrogen-bond acceptors (Lipinski definition) is 4. The van der Waals surface area contributed by atoms with E-state index in [1.807, 2.05) is 54.7 Å². The van der Waals surface area contributed by atoms with Gasteiger partial charge in [-0.15, -0.1) is 0 Å². The molecule has 0 saturated carbocycles. The van der Waals surface area contributed by atoms with E-state index in [0.29, 0.717) is 21.4 Å². The summed E-state index contributed by atoms with van der Waals surface area (Å²) in [5, 5.41) is 7.93. The Morgan fingerprint density at radius 1 is 0.912 bits per heavy atom. The van der Waals surface area contributed by atoms with E-state index in [-0.39, 0.29) is 18.7 Å². The topological polar surface area (TPSA) is 112 Å². The molecule has 6 N–H and O–H groups in total. The van der Waals surface area contributed by atoms with Crippen LogP contribution in [0.25, 0.3) is 10.9 Å². The van der Waals surface area contributed by atoms with Crippen LogP contribution in [0, 0.1) is 0 Å². The molecule has 9 heteroatoms. The lowest BCUT2D eigenvalue weighted by Gasteiger charge is -2.18. The first kappa shape index (κ1) is 23.6. The standard InChI is InChI=1S/C25H23Cl2N5O2/c26-18-8-5-9-19(27)24(18)31-20-10-3-1-6-15(20)13-23(33)30-22(25(34)32-28)12-16-14-29-21-11-4-2-7-17(16)21/h1-11,14,22,29,31H,12-13,28H2,(H,30,33)(H,32,34)/t22-/m0/s1. The summed E-state index contributed by atoms with van der Waals surface area (Å²) in [5.41, 5.74) is 5.96. The molecule has 0 aliphatic carbocycles. The van der Waals surface area contributed by atoms with Crippen LogP contribution in [0.4, 0.5) is 11.4 Å². The lowest BCUT2D eigenvalue weighted by molar-refractivity contribution is -0.128. The van der Waals surface area contributed by atoms with Gasteiger partial charge in [-0.1, -0.05) is 65.7 Å². The van der Waals surface area contributed by atoms with Crippen LogP contribution in [0.5, 0.6) is 0 Å². The van der Waals surface area contributed by atoms with Gasteiger partial charge in [-0.25, -0.2) is 5.84 Å². The molecule has 1 atom stereocenters. The predicted molar refractivity (Wildman–Crippen MR) is 136 cm³/mol. The molecule has 0 spiro atoms. The van der Waals surface area contributed by atoms with Gasteiger partial charge in [-0.2, -0.15) is 0 Å². The van der Waals surface area contributed by atoms with Gasteiger partial charge in [0.2, 0.25) is 5.91 Å². The van der Waals surface area contributed by atoms with Gasteiger partial charge >= 0.3 is 0 Å². The van der Waals surface area contributed by atoms with E-state index < -0.39 is 11.9 Å². The highest BCUT2D eigenvalue weighted by molar-refractivity contribution is 6.39. The molecule has 0 aliphatic heterocycles. The molecule has 34 heavy (non-hydrogen) atoms. The Morgan fingerprint density at radius 2 is 1.62 bits per heavy atom. The maximum Gasteiger partial charge on any atom is 0.256 e. The zero-order valence-electron chi connectivity index (χ0n) is 18.1. The second-order valence-corrected chi connectivity index (χ2v) is 8.56. The summed E-state index contributed by atoms with van der Waals surface area (Å²) >= 11 is 12.6. The van der Waals surface area contributed by atoms with Crippen molar-refractivity contribution >= 4 is 57.3 Å². The zero-order valence-corrected chi connectivity index (χ0v) is 19.6. The van der Waals surface area contributed by atoms with Crippen LogP contribution < -0.4 is 21.9 Å². The van der Waals surface area contributed by atoms with Crippen LogP contribution in [0.2, 0.25) is 10.0 Å². The van der Waals surface area contributed by atoms with E-state index in [4.69, 9.17) is 29.0 Å². The molecule has 174 valence electrons. The van der Waals surface area contributed by atoms with E-state index in [9.17, 15) is 9.59 Å². The average Bonchev–Trinajstić information content (AvgIpc) is 3.24. The Kier molecular flexibility index (Phi) is 7.37. The third kappa shape index (κ3) is 5.34. The molecule has 0 fully saturated rings. The van der Waals surface area contributed by atoms with Crippen LogP contribution in [0.15, 0.2) is 72.9 Å². The number of rotatable bonds is 8. The minimum Gasteiger partial charge on any atom is -0.361 e. The van der Waals surface area contributed by atoms with Crippen molar-refractivity contribution in [1.82, 2.24) is 15.7 Å². The lowest BCUT2D eigenvalue weighted by Crippen LogP contribution is -2.50. The molecule has 1 heterocycles. The van der Waals surface area contributed by atoms with Gasteiger partial charge in [0, 0.05) is 29.2 Å². The fraction of sp³-hybridized carbons (Fsp3) is 0.120. The summed E-state index contributed by atoms with van der Waals surface area (Å²) in [5.74, 6) is 4.58. The molecule has 4 aromatic rings. The normalized spacial score (nSPS) is 11.7. The third-order valence-corrected chi connectivity index (χ3v) is 6.11. The summed E-state index contributed by atoms with van der Waals surface area (Å²) in [6.45, 7) is 0. The number of anilines is 2. The second kappa shape index (κ2) is 10.6. The fourth-order valence-electron chi connectivity index (χ4n) is 3.80. The third-order valence-electron chi connectivity index (χ3n) is 5.48. The molecule has 0 bridgehead atoms. The second-order valence-electron chi connectivity index (χ2n) is 7.75. The van der Waals surface area contributed by atoms with Crippen LogP contribution >= 0.6 is 23.2 Å².